The highest BCUT2D eigenvalue weighted by atomic mass is 16.6. The van der Waals surface area contributed by atoms with E-state index in [0.717, 1.165) is 31.2 Å². The molecule has 1 aromatic rings. The van der Waals surface area contributed by atoms with Crippen LogP contribution in [0.3, 0.4) is 0 Å². The van der Waals surface area contributed by atoms with E-state index in [1.165, 1.54) is 0 Å². The normalized spacial score (nSPS) is 17.9. The third kappa shape index (κ3) is 6.14. The molecular weight excluding hydrogens is 356 g/mol. The molecule has 1 aliphatic heterocycles. The Morgan fingerprint density at radius 1 is 1.07 bits per heavy atom. The number of nitrogens with zero attached hydrogens (tertiary/aromatic N) is 2. The van der Waals surface area contributed by atoms with E-state index in [0.29, 0.717) is 38.2 Å². The molecule has 6 heteroatoms. The number of piperidine rings is 1. The molecule has 1 saturated heterocycles. The van der Waals surface area contributed by atoms with Crippen LogP contribution < -0.4 is 0 Å². The monoisotopic (exact) mass is 388 g/mol. The SMILES string of the molecule is CC(C)(C)OC(=O)N(CC1CCN(C(=O)OCc2ccccc2)CC1)C1CC1. The molecule has 6 nitrogen and oxygen atoms in total. The number of rotatable bonds is 5. The molecule has 0 unspecified atom stereocenters. The number of likely N-dealkylation sites (tertiary alicyclic amines) is 1. The van der Waals surface area contributed by atoms with Gasteiger partial charge in [-0.05, 0) is 57.9 Å². The summed E-state index contributed by atoms with van der Waals surface area (Å²) in [4.78, 5) is 28.5. The van der Waals surface area contributed by atoms with Gasteiger partial charge in [-0.2, -0.15) is 0 Å². The van der Waals surface area contributed by atoms with Crippen molar-refractivity contribution < 1.29 is 19.1 Å². The summed E-state index contributed by atoms with van der Waals surface area (Å²) >= 11 is 0. The lowest BCUT2D eigenvalue weighted by molar-refractivity contribution is 0.0169. The summed E-state index contributed by atoms with van der Waals surface area (Å²) in [5, 5.41) is 0. The predicted molar refractivity (Wildman–Crippen MR) is 107 cm³/mol. The van der Waals surface area contributed by atoms with Crippen LogP contribution in [0.1, 0.15) is 52.0 Å². The van der Waals surface area contributed by atoms with Crippen LogP contribution in [0.4, 0.5) is 9.59 Å². The van der Waals surface area contributed by atoms with E-state index in [4.69, 9.17) is 9.47 Å². The van der Waals surface area contributed by atoms with Crippen molar-refractivity contribution >= 4 is 12.2 Å². The van der Waals surface area contributed by atoms with Gasteiger partial charge in [0.2, 0.25) is 0 Å². The minimum absolute atomic E-state index is 0.209. The van der Waals surface area contributed by atoms with E-state index in [2.05, 4.69) is 0 Å². The van der Waals surface area contributed by atoms with E-state index < -0.39 is 5.60 Å². The van der Waals surface area contributed by atoms with Crippen LogP contribution in [-0.2, 0) is 16.1 Å². The summed E-state index contributed by atoms with van der Waals surface area (Å²) < 4.78 is 11.0. The Kier molecular flexibility index (Phi) is 6.47. The maximum absolute atomic E-state index is 12.5. The zero-order valence-electron chi connectivity index (χ0n) is 17.2. The van der Waals surface area contributed by atoms with Gasteiger partial charge in [-0.3, -0.25) is 0 Å². The number of amides is 2. The highest BCUT2D eigenvalue weighted by Gasteiger charge is 2.37. The van der Waals surface area contributed by atoms with Crippen molar-refractivity contribution in [3.05, 3.63) is 35.9 Å². The minimum Gasteiger partial charge on any atom is -0.445 e. The quantitative estimate of drug-likeness (QED) is 0.748. The number of carbonyl (C=O) groups excluding carboxylic acids is 2. The standard InChI is InChI=1S/C22H32N2O4/c1-22(2,3)28-21(26)24(19-9-10-19)15-17-11-13-23(14-12-17)20(25)27-16-18-7-5-4-6-8-18/h4-8,17,19H,9-16H2,1-3H3. The van der Waals surface area contributed by atoms with E-state index in [1.807, 2.05) is 56.0 Å². The van der Waals surface area contributed by atoms with Gasteiger partial charge in [0.25, 0.3) is 0 Å². The van der Waals surface area contributed by atoms with Crippen LogP contribution in [-0.4, -0.2) is 53.3 Å². The average molecular weight is 389 g/mol. The van der Waals surface area contributed by atoms with E-state index >= 15 is 0 Å². The minimum atomic E-state index is -0.476. The summed E-state index contributed by atoms with van der Waals surface area (Å²) in [5.41, 5.74) is 0.513. The van der Waals surface area contributed by atoms with Gasteiger partial charge < -0.3 is 19.3 Å². The predicted octanol–water partition coefficient (Wildman–Crippen LogP) is 4.43. The molecule has 0 atom stereocenters. The van der Waals surface area contributed by atoms with Gasteiger partial charge in [-0.25, -0.2) is 9.59 Å². The Balaban J connectivity index is 1.43. The second-order valence-electron chi connectivity index (χ2n) is 8.83. The first-order valence-electron chi connectivity index (χ1n) is 10.3. The van der Waals surface area contributed by atoms with Gasteiger partial charge in [0, 0.05) is 25.7 Å². The summed E-state index contributed by atoms with van der Waals surface area (Å²) in [5.74, 6) is 0.395. The molecule has 1 saturated carbocycles. The van der Waals surface area contributed by atoms with Gasteiger partial charge in [0.05, 0.1) is 0 Å². The molecular formula is C22H32N2O4. The van der Waals surface area contributed by atoms with Gasteiger partial charge in [-0.1, -0.05) is 30.3 Å². The number of hydrogen-bond donors (Lipinski definition) is 0. The largest absolute Gasteiger partial charge is 0.445 e. The molecule has 0 bridgehead atoms. The number of hydrogen-bond acceptors (Lipinski definition) is 4. The molecule has 2 aliphatic rings. The topological polar surface area (TPSA) is 59.1 Å². The first kappa shape index (κ1) is 20.5. The Labute approximate surface area is 167 Å². The van der Waals surface area contributed by atoms with Crippen LogP contribution in [0.2, 0.25) is 0 Å². The summed E-state index contributed by atoms with van der Waals surface area (Å²) in [6.45, 7) is 8.05. The van der Waals surface area contributed by atoms with Gasteiger partial charge >= 0.3 is 12.2 Å². The fourth-order valence-electron chi connectivity index (χ4n) is 3.47. The van der Waals surface area contributed by atoms with Crippen molar-refractivity contribution in [1.82, 2.24) is 9.80 Å². The van der Waals surface area contributed by atoms with Crippen molar-refractivity contribution in [2.24, 2.45) is 5.92 Å². The van der Waals surface area contributed by atoms with E-state index in [-0.39, 0.29) is 12.2 Å². The van der Waals surface area contributed by atoms with Crippen molar-refractivity contribution in [3.8, 4) is 0 Å². The molecule has 1 aliphatic carbocycles. The molecule has 3 rings (SSSR count). The van der Waals surface area contributed by atoms with E-state index in [1.54, 1.807) is 4.90 Å². The number of carbonyl (C=O) groups is 2. The highest BCUT2D eigenvalue weighted by molar-refractivity contribution is 5.69. The van der Waals surface area contributed by atoms with Crippen molar-refractivity contribution in [3.63, 3.8) is 0 Å². The van der Waals surface area contributed by atoms with Crippen molar-refractivity contribution in [2.45, 2.75) is 64.7 Å². The molecule has 2 amide bonds. The number of benzene rings is 1. The first-order valence-corrected chi connectivity index (χ1v) is 10.3. The van der Waals surface area contributed by atoms with Crippen molar-refractivity contribution in [1.29, 1.82) is 0 Å². The van der Waals surface area contributed by atoms with Crippen LogP contribution in [0.25, 0.3) is 0 Å². The van der Waals surface area contributed by atoms with Crippen LogP contribution >= 0.6 is 0 Å². The molecule has 28 heavy (non-hydrogen) atoms. The smallest absolute Gasteiger partial charge is 0.410 e. The Morgan fingerprint density at radius 2 is 1.71 bits per heavy atom. The van der Waals surface area contributed by atoms with Crippen molar-refractivity contribution in [2.75, 3.05) is 19.6 Å². The molecule has 0 spiro atoms. The van der Waals surface area contributed by atoms with E-state index in [9.17, 15) is 9.59 Å². The summed E-state index contributed by atoms with van der Waals surface area (Å²) in [6.07, 6.45) is 3.42. The van der Waals surface area contributed by atoms with Gasteiger partial charge in [-0.15, -0.1) is 0 Å². The molecule has 1 heterocycles. The second-order valence-corrected chi connectivity index (χ2v) is 8.83. The van der Waals surface area contributed by atoms with Gasteiger partial charge in [0.1, 0.15) is 12.2 Å². The van der Waals surface area contributed by atoms with Crippen LogP contribution in [0, 0.1) is 5.92 Å². The fourth-order valence-corrected chi connectivity index (χ4v) is 3.47. The molecule has 0 aromatic heterocycles. The Bertz CT molecular complexity index is 659. The lowest BCUT2D eigenvalue weighted by Gasteiger charge is -2.35. The lowest BCUT2D eigenvalue weighted by atomic mass is 9.96. The fraction of sp³-hybridized carbons (Fsp3) is 0.636. The number of ether oxygens (including phenoxy) is 2. The van der Waals surface area contributed by atoms with Crippen LogP contribution in [0.15, 0.2) is 30.3 Å². The molecule has 2 fully saturated rings. The maximum Gasteiger partial charge on any atom is 0.410 e. The summed E-state index contributed by atoms with van der Waals surface area (Å²) in [6, 6.07) is 10.0. The molecule has 154 valence electrons. The third-order valence-electron chi connectivity index (χ3n) is 5.15. The zero-order chi connectivity index (χ0) is 20.1. The summed E-state index contributed by atoms with van der Waals surface area (Å²) in [7, 11) is 0. The van der Waals surface area contributed by atoms with Crippen LogP contribution in [0.5, 0.6) is 0 Å². The Morgan fingerprint density at radius 3 is 2.29 bits per heavy atom. The second kappa shape index (κ2) is 8.84. The first-order chi connectivity index (χ1) is 13.3. The maximum atomic E-state index is 12.5. The Hall–Kier alpha value is -2.24. The molecule has 0 radical (unpaired) electrons. The molecule has 1 aromatic carbocycles. The highest BCUT2D eigenvalue weighted by Crippen LogP contribution is 2.31. The zero-order valence-corrected chi connectivity index (χ0v) is 17.2. The third-order valence-corrected chi connectivity index (χ3v) is 5.15. The molecule has 0 N–H and O–H groups in total. The lowest BCUT2D eigenvalue weighted by Crippen LogP contribution is -2.45. The van der Waals surface area contributed by atoms with Gasteiger partial charge in [0.15, 0.2) is 0 Å². The average Bonchev–Trinajstić information content (AvgIpc) is 3.49.